The number of nitrogens with one attached hydrogen (secondary N) is 1. The largest absolute Gasteiger partial charge is 0.466 e. The standard InChI is InChI=1S/C59H109NO5/c1-3-5-7-9-11-13-15-17-18-21-24-28-31-35-39-43-47-51-57(62)56(55-61)60-58(63)52-48-44-40-36-32-29-25-22-19-20-23-26-30-34-38-42-46-50-54-65-59(64)53-49-45-41-37-33-27-16-14-12-10-8-6-4-2/h8,10,14,16,22,25,47,51,56-57,61-62H,3-7,9,11-13,15,17-21,23-24,26-46,48-50,52-55H2,1-2H3,(H,60,63)/b10-8-,16-14-,25-22-,51-47+. The van der Waals surface area contributed by atoms with E-state index in [4.69, 9.17) is 4.74 Å². The molecule has 2 atom stereocenters. The maximum atomic E-state index is 12.5. The third-order valence-electron chi connectivity index (χ3n) is 12.8. The molecule has 0 aromatic heterocycles. The molecule has 0 saturated carbocycles. The number of unbranched alkanes of at least 4 members (excludes halogenated alkanes) is 35. The van der Waals surface area contributed by atoms with Gasteiger partial charge < -0.3 is 20.3 Å². The Labute approximate surface area is 404 Å². The molecule has 2 unspecified atom stereocenters. The van der Waals surface area contributed by atoms with E-state index < -0.39 is 12.1 Å². The fourth-order valence-corrected chi connectivity index (χ4v) is 8.43. The number of ether oxygens (including phenoxy) is 1. The summed E-state index contributed by atoms with van der Waals surface area (Å²) < 4.78 is 5.45. The molecule has 0 fully saturated rings. The molecule has 0 aromatic rings. The zero-order chi connectivity index (χ0) is 47.2. The first-order valence-electron chi connectivity index (χ1n) is 28.4. The van der Waals surface area contributed by atoms with Gasteiger partial charge in [-0.2, -0.15) is 0 Å². The Morgan fingerprint density at radius 1 is 0.431 bits per heavy atom. The Bertz CT molecular complexity index is 1100. The summed E-state index contributed by atoms with van der Waals surface area (Å²) >= 11 is 0. The molecule has 0 aliphatic heterocycles. The van der Waals surface area contributed by atoms with E-state index in [1.165, 1.54) is 193 Å². The maximum Gasteiger partial charge on any atom is 0.305 e. The van der Waals surface area contributed by atoms with E-state index in [-0.39, 0.29) is 18.5 Å². The second kappa shape index (κ2) is 54.4. The van der Waals surface area contributed by atoms with Crippen molar-refractivity contribution >= 4 is 11.9 Å². The third-order valence-corrected chi connectivity index (χ3v) is 12.8. The Kier molecular flexibility index (Phi) is 52.6. The second-order valence-electron chi connectivity index (χ2n) is 19.3. The molecule has 0 saturated heterocycles. The minimum absolute atomic E-state index is 0.0138. The first kappa shape index (κ1) is 62.8. The highest BCUT2D eigenvalue weighted by Crippen LogP contribution is 2.16. The Hall–Kier alpha value is -2.18. The molecule has 3 N–H and O–H groups in total. The lowest BCUT2D eigenvalue weighted by Gasteiger charge is -2.20. The summed E-state index contributed by atoms with van der Waals surface area (Å²) in [6.07, 6.45) is 68.4. The van der Waals surface area contributed by atoms with E-state index in [9.17, 15) is 19.8 Å². The zero-order valence-corrected chi connectivity index (χ0v) is 43.2. The quantitative estimate of drug-likeness (QED) is 0.0321. The molecule has 0 radical (unpaired) electrons. The first-order chi connectivity index (χ1) is 32.0. The van der Waals surface area contributed by atoms with Gasteiger partial charge in [-0.1, -0.05) is 242 Å². The number of carbonyl (C=O) groups excluding carboxylic acids is 2. The van der Waals surface area contributed by atoms with Crippen LogP contribution >= 0.6 is 0 Å². The minimum atomic E-state index is -0.854. The Morgan fingerprint density at radius 2 is 0.800 bits per heavy atom. The lowest BCUT2D eigenvalue weighted by molar-refractivity contribution is -0.143. The van der Waals surface area contributed by atoms with E-state index in [2.05, 4.69) is 55.6 Å². The van der Waals surface area contributed by atoms with Crippen molar-refractivity contribution in [3.05, 3.63) is 48.6 Å². The van der Waals surface area contributed by atoms with Crippen LogP contribution in [0.25, 0.3) is 0 Å². The highest BCUT2D eigenvalue weighted by atomic mass is 16.5. The summed E-state index contributed by atoms with van der Waals surface area (Å²) in [7, 11) is 0. The summed E-state index contributed by atoms with van der Waals surface area (Å²) in [6, 6.07) is -0.639. The predicted molar refractivity (Wildman–Crippen MR) is 282 cm³/mol. The molecule has 0 rings (SSSR count). The van der Waals surface area contributed by atoms with Crippen LogP contribution in [0.15, 0.2) is 48.6 Å². The van der Waals surface area contributed by atoms with E-state index in [1.54, 1.807) is 6.08 Å². The van der Waals surface area contributed by atoms with Gasteiger partial charge in [0, 0.05) is 12.8 Å². The van der Waals surface area contributed by atoms with Crippen molar-refractivity contribution in [1.29, 1.82) is 0 Å². The summed E-state index contributed by atoms with van der Waals surface area (Å²) in [5.41, 5.74) is 0. The number of hydrogen-bond donors (Lipinski definition) is 3. The Morgan fingerprint density at radius 3 is 1.25 bits per heavy atom. The molecular formula is C59H109NO5. The molecule has 380 valence electrons. The third kappa shape index (κ3) is 51.1. The highest BCUT2D eigenvalue weighted by molar-refractivity contribution is 5.76. The van der Waals surface area contributed by atoms with Gasteiger partial charge in [0.2, 0.25) is 5.91 Å². The van der Waals surface area contributed by atoms with Crippen molar-refractivity contribution in [2.24, 2.45) is 0 Å². The van der Waals surface area contributed by atoms with Crippen LogP contribution in [0.3, 0.4) is 0 Å². The van der Waals surface area contributed by atoms with Gasteiger partial charge in [0.25, 0.3) is 0 Å². The first-order valence-corrected chi connectivity index (χ1v) is 28.4. The molecule has 0 aromatic carbocycles. The minimum Gasteiger partial charge on any atom is -0.466 e. The van der Waals surface area contributed by atoms with Crippen molar-refractivity contribution in [2.45, 2.75) is 302 Å². The fraction of sp³-hybridized carbons (Fsp3) is 0.831. The smallest absolute Gasteiger partial charge is 0.305 e. The molecule has 65 heavy (non-hydrogen) atoms. The molecule has 1 amide bonds. The van der Waals surface area contributed by atoms with Crippen LogP contribution in [0, 0.1) is 0 Å². The number of carbonyl (C=O) groups is 2. The summed E-state index contributed by atoms with van der Waals surface area (Å²) in [6.45, 7) is 4.82. The van der Waals surface area contributed by atoms with Gasteiger partial charge in [-0.05, 0) is 83.5 Å². The molecule has 0 aliphatic carbocycles. The number of rotatable bonds is 52. The summed E-state index contributed by atoms with van der Waals surface area (Å²) in [4.78, 5) is 24.5. The van der Waals surface area contributed by atoms with E-state index in [1.807, 2.05) is 6.08 Å². The average molecular weight is 913 g/mol. The predicted octanol–water partition coefficient (Wildman–Crippen LogP) is 17.4. The number of allylic oxidation sites excluding steroid dienone is 7. The topological polar surface area (TPSA) is 95.9 Å². The molecule has 0 spiro atoms. The van der Waals surface area contributed by atoms with E-state index in [0.717, 1.165) is 70.6 Å². The van der Waals surface area contributed by atoms with Crippen molar-refractivity contribution in [2.75, 3.05) is 13.2 Å². The summed E-state index contributed by atoms with van der Waals surface area (Å²) in [5.74, 6) is -0.0961. The van der Waals surface area contributed by atoms with Crippen LogP contribution < -0.4 is 5.32 Å². The van der Waals surface area contributed by atoms with Gasteiger partial charge in [-0.25, -0.2) is 0 Å². The second-order valence-corrected chi connectivity index (χ2v) is 19.3. The Balaban J connectivity index is 3.50. The van der Waals surface area contributed by atoms with Gasteiger partial charge in [-0.15, -0.1) is 0 Å². The maximum absolute atomic E-state index is 12.5. The molecule has 0 bridgehead atoms. The highest BCUT2D eigenvalue weighted by Gasteiger charge is 2.18. The van der Waals surface area contributed by atoms with Gasteiger partial charge in [0.05, 0.1) is 25.4 Å². The average Bonchev–Trinajstić information content (AvgIpc) is 3.31. The van der Waals surface area contributed by atoms with Crippen LogP contribution in [-0.2, 0) is 14.3 Å². The molecule has 6 nitrogen and oxygen atoms in total. The lowest BCUT2D eigenvalue weighted by Crippen LogP contribution is -2.45. The molecule has 6 heteroatoms. The van der Waals surface area contributed by atoms with Crippen molar-refractivity contribution in [3.63, 3.8) is 0 Å². The SMILES string of the molecule is CCC/C=C\C/C=C\CCCCCCCC(=O)OCCCCCCCCCCC/C=C\CCCCCCCC(=O)NC(CO)C(O)/C=C/CCCCCCCCCCCCCCCCC. The van der Waals surface area contributed by atoms with Crippen LogP contribution in [0.2, 0.25) is 0 Å². The van der Waals surface area contributed by atoms with Crippen LogP contribution in [0.5, 0.6) is 0 Å². The van der Waals surface area contributed by atoms with Gasteiger partial charge >= 0.3 is 5.97 Å². The lowest BCUT2D eigenvalue weighted by atomic mass is 10.0. The van der Waals surface area contributed by atoms with E-state index in [0.29, 0.717) is 19.4 Å². The van der Waals surface area contributed by atoms with Crippen molar-refractivity contribution in [1.82, 2.24) is 5.32 Å². The molecular weight excluding hydrogens is 803 g/mol. The molecule has 0 aliphatic rings. The number of esters is 1. The number of amides is 1. The van der Waals surface area contributed by atoms with Crippen molar-refractivity contribution < 1.29 is 24.5 Å². The van der Waals surface area contributed by atoms with Gasteiger partial charge in [0.1, 0.15) is 0 Å². The van der Waals surface area contributed by atoms with Crippen molar-refractivity contribution in [3.8, 4) is 0 Å². The van der Waals surface area contributed by atoms with Gasteiger partial charge in [-0.3, -0.25) is 9.59 Å². The normalized spacial score (nSPS) is 13.0. The fourth-order valence-electron chi connectivity index (χ4n) is 8.43. The number of hydrogen-bond acceptors (Lipinski definition) is 5. The number of aliphatic hydroxyl groups is 2. The zero-order valence-electron chi connectivity index (χ0n) is 43.2. The summed E-state index contributed by atoms with van der Waals surface area (Å²) in [5, 5.41) is 23.1. The van der Waals surface area contributed by atoms with Crippen LogP contribution in [0.4, 0.5) is 0 Å². The number of aliphatic hydroxyl groups excluding tert-OH is 2. The molecule has 0 heterocycles. The van der Waals surface area contributed by atoms with Crippen LogP contribution in [-0.4, -0.2) is 47.4 Å². The monoisotopic (exact) mass is 912 g/mol. The van der Waals surface area contributed by atoms with Gasteiger partial charge in [0.15, 0.2) is 0 Å². The van der Waals surface area contributed by atoms with Crippen LogP contribution in [0.1, 0.15) is 290 Å². The van der Waals surface area contributed by atoms with E-state index >= 15 is 0 Å².